The number of aryl methyl sites for hydroxylation is 1. The lowest BCUT2D eigenvalue weighted by atomic mass is 10.1. The van der Waals surface area contributed by atoms with Crippen LogP contribution in [0.3, 0.4) is 0 Å². The van der Waals surface area contributed by atoms with Gasteiger partial charge >= 0.3 is 0 Å². The maximum Gasteiger partial charge on any atom is 0.232 e. The van der Waals surface area contributed by atoms with Gasteiger partial charge in [0.1, 0.15) is 0 Å². The third-order valence-corrected chi connectivity index (χ3v) is 5.11. The number of benzene rings is 1. The van der Waals surface area contributed by atoms with Gasteiger partial charge in [0.2, 0.25) is 17.6 Å². The molecule has 6 heteroatoms. The first-order valence-electron chi connectivity index (χ1n) is 7.90. The van der Waals surface area contributed by atoms with E-state index in [1.165, 1.54) is 5.56 Å². The van der Waals surface area contributed by atoms with Crippen LogP contribution in [0.1, 0.15) is 29.4 Å². The van der Waals surface area contributed by atoms with Crippen LogP contribution in [0.5, 0.6) is 0 Å². The van der Waals surface area contributed by atoms with Gasteiger partial charge in [0.15, 0.2) is 0 Å². The molecule has 0 bridgehead atoms. The molecule has 1 aliphatic heterocycles. The fraction of sp³-hybridized carbons (Fsp3) is 0.278. The molecule has 0 N–H and O–H groups in total. The minimum atomic E-state index is -0.0239. The van der Waals surface area contributed by atoms with Gasteiger partial charge in [0, 0.05) is 19.5 Å². The molecule has 1 aliphatic rings. The van der Waals surface area contributed by atoms with Crippen molar-refractivity contribution in [3.63, 3.8) is 0 Å². The van der Waals surface area contributed by atoms with Gasteiger partial charge in [-0.1, -0.05) is 41.1 Å². The molecule has 4 rings (SSSR count). The van der Waals surface area contributed by atoms with Crippen LogP contribution in [0.2, 0.25) is 0 Å². The van der Waals surface area contributed by atoms with Crippen molar-refractivity contribution in [1.29, 1.82) is 0 Å². The van der Waals surface area contributed by atoms with Gasteiger partial charge in [0.05, 0.1) is 10.8 Å². The number of rotatable bonds is 4. The number of amides is 1. The molecule has 1 amide bonds. The van der Waals surface area contributed by atoms with Crippen LogP contribution in [0, 0.1) is 6.92 Å². The van der Waals surface area contributed by atoms with Crippen LogP contribution < -0.4 is 0 Å². The summed E-state index contributed by atoms with van der Waals surface area (Å²) in [6.45, 7) is 3.31. The number of nitrogens with zero attached hydrogens (tertiary/aromatic N) is 3. The first kappa shape index (κ1) is 15.1. The lowest BCUT2D eigenvalue weighted by molar-refractivity contribution is -0.128. The van der Waals surface area contributed by atoms with Crippen molar-refractivity contribution in [2.45, 2.75) is 25.8 Å². The highest BCUT2D eigenvalue weighted by molar-refractivity contribution is 7.13. The van der Waals surface area contributed by atoms with Crippen LogP contribution >= 0.6 is 11.3 Å². The van der Waals surface area contributed by atoms with Crippen molar-refractivity contribution in [3.05, 3.63) is 58.8 Å². The van der Waals surface area contributed by atoms with Gasteiger partial charge in [-0.05, 0) is 23.9 Å². The minimum Gasteiger partial charge on any atom is -0.339 e. The second-order valence-corrected chi connectivity index (χ2v) is 7.04. The van der Waals surface area contributed by atoms with E-state index in [2.05, 4.69) is 41.3 Å². The molecule has 2 aromatic heterocycles. The summed E-state index contributed by atoms with van der Waals surface area (Å²) in [5.41, 5.74) is 2.36. The third kappa shape index (κ3) is 2.97. The molecule has 1 fully saturated rings. The SMILES string of the molecule is Cc1ccc(CN2C[C@H](c3nc(-c4cccs4)no3)CC2=O)cc1. The number of carbonyl (C=O) groups is 1. The number of likely N-dealkylation sites (tertiary alicyclic amines) is 1. The highest BCUT2D eigenvalue weighted by Gasteiger charge is 2.34. The number of hydrogen-bond donors (Lipinski definition) is 0. The Morgan fingerprint density at radius 3 is 2.88 bits per heavy atom. The maximum atomic E-state index is 12.3. The summed E-state index contributed by atoms with van der Waals surface area (Å²) in [5, 5.41) is 6.02. The zero-order valence-corrected chi connectivity index (χ0v) is 14.1. The highest BCUT2D eigenvalue weighted by atomic mass is 32.1. The van der Waals surface area contributed by atoms with Gasteiger partial charge in [-0.25, -0.2) is 0 Å². The number of carbonyl (C=O) groups excluding carboxylic acids is 1. The molecular weight excluding hydrogens is 322 g/mol. The van der Waals surface area contributed by atoms with Crippen LogP contribution in [-0.4, -0.2) is 27.5 Å². The summed E-state index contributed by atoms with van der Waals surface area (Å²) in [5.74, 6) is 1.27. The van der Waals surface area contributed by atoms with E-state index in [9.17, 15) is 4.79 Å². The Labute approximate surface area is 143 Å². The van der Waals surface area contributed by atoms with Crippen LogP contribution in [0.25, 0.3) is 10.7 Å². The molecule has 24 heavy (non-hydrogen) atoms. The monoisotopic (exact) mass is 339 g/mol. The Kier molecular flexibility index (Phi) is 3.90. The molecule has 1 saturated heterocycles. The van der Waals surface area contributed by atoms with Crippen molar-refractivity contribution in [3.8, 4) is 10.7 Å². The average Bonchev–Trinajstić information content (AvgIpc) is 3.30. The Balaban J connectivity index is 1.47. The Morgan fingerprint density at radius 2 is 2.12 bits per heavy atom. The summed E-state index contributed by atoms with van der Waals surface area (Å²) < 4.78 is 5.40. The number of hydrogen-bond acceptors (Lipinski definition) is 5. The van der Waals surface area contributed by atoms with Gasteiger partial charge in [0.25, 0.3) is 0 Å². The zero-order valence-electron chi connectivity index (χ0n) is 13.3. The van der Waals surface area contributed by atoms with Crippen LogP contribution in [0.15, 0.2) is 46.3 Å². The predicted octanol–water partition coefficient (Wildman–Crippen LogP) is 3.62. The molecule has 0 aliphatic carbocycles. The van der Waals surface area contributed by atoms with E-state index in [-0.39, 0.29) is 11.8 Å². The van der Waals surface area contributed by atoms with Crippen molar-refractivity contribution < 1.29 is 9.32 Å². The normalized spacial score (nSPS) is 17.6. The molecule has 3 heterocycles. The van der Waals surface area contributed by atoms with Crippen molar-refractivity contribution in [2.24, 2.45) is 0 Å². The summed E-state index contributed by atoms with van der Waals surface area (Å²) >= 11 is 1.57. The second-order valence-electron chi connectivity index (χ2n) is 6.09. The lowest BCUT2D eigenvalue weighted by Gasteiger charge is -2.16. The largest absolute Gasteiger partial charge is 0.339 e. The molecular formula is C18H17N3O2S. The summed E-state index contributed by atoms with van der Waals surface area (Å²) in [6, 6.07) is 12.2. The summed E-state index contributed by atoms with van der Waals surface area (Å²) in [7, 11) is 0. The van der Waals surface area contributed by atoms with E-state index < -0.39 is 0 Å². The van der Waals surface area contributed by atoms with Crippen LogP contribution in [-0.2, 0) is 11.3 Å². The molecule has 122 valence electrons. The topological polar surface area (TPSA) is 59.2 Å². The molecule has 0 spiro atoms. The van der Waals surface area contributed by atoms with E-state index in [1.807, 2.05) is 22.4 Å². The Morgan fingerprint density at radius 1 is 1.29 bits per heavy atom. The van der Waals surface area contributed by atoms with E-state index >= 15 is 0 Å². The van der Waals surface area contributed by atoms with Crippen molar-refractivity contribution in [1.82, 2.24) is 15.0 Å². The highest BCUT2D eigenvalue weighted by Crippen LogP contribution is 2.30. The number of thiophene rings is 1. The number of aromatic nitrogens is 2. The fourth-order valence-corrected chi connectivity index (χ4v) is 3.56. The van der Waals surface area contributed by atoms with Crippen molar-refractivity contribution >= 4 is 17.2 Å². The molecule has 1 aromatic carbocycles. The van der Waals surface area contributed by atoms with E-state index in [0.717, 1.165) is 10.4 Å². The molecule has 3 aromatic rings. The second kappa shape index (κ2) is 6.20. The Hall–Kier alpha value is -2.47. The standard InChI is InChI=1S/C18H17N3O2S/c1-12-4-6-13(7-5-12)10-21-11-14(9-16(21)22)18-19-17(20-23-18)15-3-2-8-24-15/h2-8,14H,9-11H2,1H3/t14-/m1/s1. The summed E-state index contributed by atoms with van der Waals surface area (Å²) in [4.78, 5) is 19.6. The van der Waals surface area contributed by atoms with Gasteiger partial charge < -0.3 is 9.42 Å². The first-order chi connectivity index (χ1) is 11.7. The Bertz CT molecular complexity index is 840. The quantitative estimate of drug-likeness (QED) is 0.728. The molecule has 5 nitrogen and oxygen atoms in total. The first-order valence-corrected chi connectivity index (χ1v) is 8.78. The fourth-order valence-electron chi connectivity index (χ4n) is 2.91. The van der Waals surface area contributed by atoms with Gasteiger partial charge in [-0.3, -0.25) is 4.79 Å². The van der Waals surface area contributed by atoms with Gasteiger partial charge in [-0.2, -0.15) is 4.98 Å². The molecule has 0 saturated carbocycles. The third-order valence-electron chi connectivity index (χ3n) is 4.24. The van der Waals surface area contributed by atoms with E-state index in [1.54, 1.807) is 11.3 Å². The summed E-state index contributed by atoms with van der Waals surface area (Å²) in [6.07, 6.45) is 0.429. The predicted molar refractivity (Wildman–Crippen MR) is 91.6 cm³/mol. The van der Waals surface area contributed by atoms with Crippen molar-refractivity contribution in [2.75, 3.05) is 6.54 Å². The van der Waals surface area contributed by atoms with Gasteiger partial charge in [-0.15, -0.1) is 11.3 Å². The lowest BCUT2D eigenvalue weighted by Crippen LogP contribution is -2.24. The molecule has 0 unspecified atom stereocenters. The van der Waals surface area contributed by atoms with E-state index in [0.29, 0.717) is 31.2 Å². The van der Waals surface area contributed by atoms with E-state index in [4.69, 9.17) is 4.52 Å². The minimum absolute atomic E-state index is 0.0239. The molecule has 1 atom stereocenters. The zero-order chi connectivity index (χ0) is 16.5. The van der Waals surface area contributed by atoms with Crippen LogP contribution in [0.4, 0.5) is 0 Å². The molecule has 0 radical (unpaired) electrons. The maximum absolute atomic E-state index is 12.3. The average molecular weight is 339 g/mol. The smallest absolute Gasteiger partial charge is 0.232 e.